The summed E-state index contributed by atoms with van der Waals surface area (Å²) in [5.41, 5.74) is 7.99. The highest BCUT2D eigenvalue weighted by molar-refractivity contribution is 5.91. The number of hydrogen-bond donors (Lipinski definition) is 6. The van der Waals surface area contributed by atoms with E-state index in [9.17, 15) is 19.8 Å². The first kappa shape index (κ1) is 38.3. The van der Waals surface area contributed by atoms with E-state index in [0.717, 1.165) is 79.9 Å². The summed E-state index contributed by atoms with van der Waals surface area (Å²) in [5.74, 6) is -0.0224. The number of H-pyrrole nitrogens is 1. The molecule has 1 amide bonds. The summed E-state index contributed by atoms with van der Waals surface area (Å²) >= 11 is 0. The lowest BCUT2D eigenvalue weighted by molar-refractivity contribution is 0.0587. The minimum atomic E-state index is -0.788. The third-order valence-corrected chi connectivity index (χ3v) is 10.4. The van der Waals surface area contributed by atoms with Gasteiger partial charge in [0.1, 0.15) is 11.9 Å². The minimum Gasteiger partial charge on any atom is -0.506 e. The summed E-state index contributed by atoms with van der Waals surface area (Å²) < 4.78 is 5.82. The van der Waals surface area contributed by atoms with Crippen LogP contribution in [0, 0.1) is 0 Å². The number of aromatic hydroxyl groups is 1. The fraction of sp³-hybridized carbons (Fsp3) is 0.261. The number of aliphatic hydroxyl groups is 1. The van der Waals surface area contributed by atoms with E-state index in [1.54, 1.807) is 12.1 Å². The van der Waals surface area contributed by atoms with Gasteiger partial charge in [0.15, 0.2) is 0 Å². The molecule has 10 nitrogen and oxygen atoms in total. The van der Waals surface area contributed by atoms with Crippen LogP contribution in [-0.4, -0.2) is 65.0 Å². The number of rotatable bonds is 15. The van der Waals surface area contributed by atoms with Gasteiger partial charge in [-0.25, -0.2) is 4.79 Å². The van der Waals surface area contributed by atoms with Crippen molar-refractivity contribution in [2.45, 2.75) is 44.3 Å². The molecule has 288 valence electrons. The molecule has 0 unspecified atom stereocenters. The molecule has 56 heavy (non-hydrogen) atoms. The van der Waals surface area contributed by atoms with Crippen LogP contribution in [0.3, 0.4) is 0 Å². The molecule has 0 bridgehead atoms. The number of para-hydroxylation sites is 1. The van der Waals surface area contributed by atoms with Crippen molar-refractivity contribution >= 4 is 34.1 Å². The third-order valence-electron chi connectivity index (χ3n) is 10.4. The molecule has 10 heteroatoms. The highest BCUT2D eigenvalue weighted by atomic mass is 16.6. The van der Waals surface area contributed by atoms with E-state index in [4.69, 9.17) is 4.74 Å². The van der Waals surface area contributed by atoms with E-state index in [-0.39, 0.29) is 17.4 Å². The number of nitrogens with zero attached hydrogens (tertiary/aromatic N) is 1. The smallest absolute Gasteiger partial charge is 0.411 e. The van der Waals surface area contributed by atoms with E-state index >= 15 is 0 Å². The molecule has 6 aromatic rings. The normalized spacial score (nSPS) is 14.0. The van der Waals surface area contributed by atoms with Gasteiger partial charge in [0.05, 0.1) is 17.3 Å². The number of ether oxygens (including phenoxy) is 1. The molecule has 5 aromatic carbocycles. The summed E-state index contributed by atoms with van der Waals surface area (Å²) in [5, 5.41) is 31.3. The molecule has 1 fully saturated rings. The topological polar surface area (TPSA) is 139 Å². The van der Waals surface area contributed by atoms with Crippen LogP contribution in [0.2, 0.25) is 0 Å². The second-order valence-electron chi connectivity index (χ2n) is 14.4. The Bertz CT molecular complexity index is 2250. The van der Waals surface area contributed by atoms with Crippen molar-refractivity contribution in [1.82, 2.24) is 15.2 Å². The zero-order valence-electron chi connectivity index (χ0n) is 31.4. The third kappa shape index (κ3) is 10.2. The van der Waals surface area contributed by atoms with Gasteiger partial charge in [-0.05, 0) is 110 Å². The maximum absolute atomic E-state index is 12.8. The lowest BCUT2D eigenvalue weighted by Crippen LogP contribution is -2.39. The molecule has 6 N–H and O–H groups in total. The number of fused-ring (bicyclic) bond motifs is 1. The van der Waals surface area contributed by atoms with E-state index in [1.165, 1.54) is 23.3 Å². The molecule has 0 saturated carbocycles. The van der Waals surface area contributed by atoms with Crippen LogP contribution in [0.1, 0.15) is 42.1 Å². The molecule has 0 radical (unpaired) electrons. The van der Waals surface area contributed by atoms with Gasteiger partial charge in [0.25, 0.3) is 0 Å². The van der Waals surface area contributed by atoms with Crippen LogP contribution in [0.5, 0.6) is 5.75 Å². The quantitative estimate of drug-likeness (QED) is 0.0579. The maximum Gasteiger partial charge on any atom is 0.411 e. The molecule has 1 saturated heterocycles. The Balaban J connectivity index is 0.777. The van der Waals surface area contributed by atoms with Gasteiger partial charge < -0.3 is 35.5 Å². The fourth-order valence-corrected chi connectivity index (χ4v) is 7.32. The van der Waals surface area contributed by atoms with Crippen LogP contribution >= 0.6 is 0 Å². The average Bonchev–Trinajstić information content (AvgIpc) is 3.22. The molecule has 0 aliphatic carbocycles. The first-order valence-corrected chi connectivity index (χ1v) is 19.4. The number of nitrogens with one attached hydrogen (secondary N) is 4. The van der Waals surface area contributed by atoms with Crippen molar-refractivity contribution < 1.29 is 19.7 Å². The van der Waals surface area contributed by atoms with Gasteiger partial charge in [-0.2, -0.15) is 0 Å². The molecular weight excluding hydrogens is 703 g/mol. The Hall–Kier alpha value is -5.94. The predicted octanol–water partition coefficient (Wildman–Crippen LogP) is 8.16. The summed E-state index contributed by atoms with van der Waals surface area (Å²) in [6, 6.07) is 41.0. The van der Waals surface area contributed by atoms with Gasteiger partial charge in [0, 0.05) is 48.0 Å². The summed E-state index contributed by atoms with van der Waals surface area (Å²) in [6.45, 7) is 3.89. The van der Waals surface area contributed by atoms with Gasteiger partial charge in [-0.3, -0.25) is 10.1 Å². The van der Waals surface area contributed by atoms with Crippen LogP contribution in [0.15, 0.2) is 132 Å². The van der Waals surface area contributed by atoms with Crippen LogP contribution < -0.4 is 21.5 Å². The summed E-state index contributed by atoms with van der Waals surface area (Å²) in [6.07, 6.45) is 3.28. The number of aromatic amines is 1. The van der Waals surface area contributed by atoms with Crippen LogP contribution in [0.25, 0.3) is 22.0 Å². The van der Waals surface area contributed by atoms with Gasteiger partial charge in [-0.15, -0.1) is 0 Å². The first-order valence-electron chi connectivity index (χ1n) is 19.4. The number of hydrogen-bond acceptors (Lipinski definition) is 8. The molecular formula is C46H49N5O5. The Labute approximate surface area is 327 Å². The number of carbonyl (C=O) groups is 1. The maximum atomic E-state index is 12.8. The highest BCUT2D eigenvalue weighted by Gasteiger charge is 2.22. The van der Waals surface area contributed by atoms with E-state index in [2.05, 4.69) is 74.4 Å². The molecule has 1 atom stereocenters. The zero-order chi connectivity index (χ0) is 38.7. The number of amides is 1. The van der Waals surface area contributed by atoms with E-state index < -0.39 is 12.2 Å². The summed E-state index contributed by atoms with van der Waals surface area (Å²) in [4.78, 5) is 29.6. The number of aryl methyl sites for hydroxylation is 1. The number of phenolic OH excluding ortho intramolecular Hbond substituents is 1. The second kappa shape index (κ2) is 18.6. The molecule has 7 rings (SSSR count). The largest absolute Gasteiger partial charge is 0.506 e. The Kier molecular flexibility index (Phi) is 12.7. The average molecular weight is 752 g/mol. The summed E-state index contributed by atoms with van der Waals surface area (Å²) in [7, 11) is 0. The lowest BCUT2D eigenvalue weighted by atomic mass is 10.0. The van der Waals surface area contributed by atoms with Gasteiger partial charge >= 0.3 is 6.09 Å². The molecule has 0 spiro atoms. The van der Waals surface area contributed by atoms with Crippen molar-refractivity contribution in [2.75, 3.05) is 43.4 Å². The van der Waals surface area contributed by atoms with Crippen molar-refractivity contribution in [3.05, 3.63) is 154 Å². The van der Waals surface area contributed by atoms with Crippen LogP contribution in [-0.2, 0) is 17.6 Å². The highest BCUT2D eigenvalue weighted by Crippen LogP contribution is 2.30. The Morgan fingerprint density at radius 1 is 0.804 bits per heavy atom. The van der Waals surface area contributed by atoms with Crippen molar-refractivity contribution in [2.24, 2.45) is 0 Å². The molecule has 1 aromatic heterocycles. The number of piperidine rings is 1. The van der Waals surface area contributed by atoms with E-state index in [0.29, 0.717) is 29.6 Å². The van der Waals surface area contributed by atoms with Crippen molar-refractivity contribution in [3.63, 3.8) is 0 Å². The minimum absolute atomic E-state index is 0.0224. The van der Waals surface area contributed by atoms with Crippen LogP contribution in [0.4, 0.5) is 21.9 Å². The number of likely N-dealkylation sites (tertiary alicyclic amines) is 1. The van der Waals surface area contributed by atoms with Gasteiger partial charge in [0.2, 0.25) is 5.56 Å². The molecule has 1 aliphatic heterocycles. The number of benzene rings is 5. The number of carbonyl (C=O) groups excluding carboxylic acids is 1. The van der Waals surface area contributed by atoms with Crippen molar-refractivity contribution in [3.8, 4) is 16.9 Å². The number of anilines is 3. The predicted molar refractivity (Wildman–Crippen MR) is 224 cm³/mol. The SMILES string of the molecule is O=C(Nc1ccccc1-c1ccccc1)OC1CCN(CCCc2ccc(Nc3ccc(CCNC[C@@H](O)c4ccc(O)c5[nH]c(=O)ccc45)cc3)cc2)CC1. The Morgan fingerprint density at radius 2 is 1.48 bits per heavy atom. The van der Waals surface area contributed by atoms with Gasteiger partial charge in [-0.1, -0.05) is 78.9 Å². The second-order valence-corrected chi connectivity index (χ2v) is 14.4. The number of phenols is 1. The van der Waals surface area contributed by atoms with Crippen molar-refractivity contribution in [1.29, 1.82) is 0 Å². The molecule has 1 aliphatic rings. The number of aliphatic hydroxyl groups excluding tert-OH is 1. The van der Waals surface area contributed by atoms with E-state index in [1.807, 2.05) is 54.6 Å². The zero-order valence-corrected chi connectivity index (χ0v) is 31.4. The monoisotopic (exact) mass is 751 g/mol. The standard InChI is InChI=1S/C46H49N5O5/c52-42-22-20-39(40-21-23-44(54)50-45(40)42)43(53)31-47-27-24-33-14-18-36(19-15-33)48-35-16-12-32(13-17-35)7-6-28-51-29-25-37(26-30-51)56-46(55)49-41-11-5-4-10-38(41)34-8-2-1-3-9-34/h1-5,8-23,37,43,47-48,52-53H,6-7,24-31H2,(H,49,55)(H,50,54)/t43-/m1/s1. The lowest BCUT2D eigenvalue weighted by Gasteiger charge is -2.31. The Morgan fingerprint density at radius 3 is 2.21 bits per heavy atom. The number of aromatic nitrogens is 1. The number of pyridine rings is 1. The first-order chi connectivity index (χ1) is 27.4. The molecule has 2 heterocycles. The fourth-order valence-electron chi connectivity index (χ4n) is 7.32.